The van der Waals surface area contributed by atoms with Crippen LogP contribution in [0.2, 0.25) is 5.02 Å². The van der Waals surface area contributed by atoms with Crippen molar-refractivity contribution < 1.29 is 17.2 Å². The maximum atomic E-state index is 12.9. The Morgan fingerprint density at radius 2 is 2.06 bits per heavy atom. The van der Waals surface area contributed by atoms with Gasteiger partial charge in [-0.25, -0.2) is 21.9 Å². The number of sulfonamides is 1. The Hall–Kier alpha value is -0.760. The molecule has 0 bridgehead atoms. The van der Waals surface area contributed by atoms with E-state index < -0.39 is 29.0 Å². The van der Waals surface area contributed by atoms with Crippen molar-refractivity contribution in [2.24, 2.45) is 5.73 Å². The lowest BCUT2D eigenvalue weighted by Crippen LogP contribution is -2.41. The van der Waals surface area contributed by atoms with E-state index in [-0.39, 0.29) is 9.92 Å². The van der Waals surface area contributed by atoms with Crippen LogP contribution in [0, 0.1) is 6.92 Å². The third-order valence-electron chi connectivity index (χ3n) is 2.27. The van der Waals surface area contributed by atoms with Gasteiger partial charge in [-0.2, -0.15) is 0 Å². The number of halogens is 3. The van der Waals surface area contributed by atoms with Crippen molar-refractivity contribution >= 4 is 21.6 Å². The molecule has 1 rings (SSSR count). The summed E-state index contributed by atoms with van der Waals surface area (Å²) in [5.74, 6) is -3.28. The predicted molar refractivity (Wildman–Crippen MR) is 65.4 cm³/mol. The Morgan fingerprint density at radius 1 is 1.44 bits per heavy atom. The van der Waals surface area contributed by atoms with Crippen LogP contribution >= 0.6 is 11.6 Å². The maximum absolute atomic E-state index is 12.9. The number of alkyl halides is 2. The summed E-state index contributed by atoms with van der Waals surface area (Å²) in [4.78, 5) is -0.161. The number of hydrogen-bond acceptors (Lipinski definition) is 3. The van der Waals surface area contributed by atoms with Gasteiger partial charge < -0.3 is 5.73 Å². The molecule has 0 saturated carbocycles. The van der Waals surface area contributed by atoms with Crippen LogP contribution in [0.3, 0.4) is 0 Å². The highest BCUT2D eigenvalue weighted by Gasteiger charge is 2.29. The molecule has 1 aromatic rings. The third kappa shape index (κ3) is 3.88. The van der Waals surface area contributed by atoms with Gasteiger partial charge in [-0.3, -0.25) is 0 Å². The lowest BCUT2D eigenvalue weighted by Gasteiger charge is -2.15. The van der Waals surface area contributed by atoms with E-state index in [1.165, 1.54) is 18.2 Å². The van der Waals surface area contributed by atoms with Gasteiger partial charge in [-0.05, 0) is 24.6 Å². The van der Waals surface area contributed by atoms with Crippen molar-refractivity contribution in [2.75, 3.05) is 13.1 Å². The molecule has 3 N–H and O–H groups in total. The van der Waals surface area contributed by atoms with Gasteiger partial charge >= 0.3 is 0 Å². The van der Waals surface area contributed by atoms with E-state index in [1.54, 1.807) is 11.6 Å². The highest BCUT2D eigenvalue weighted by Crippen LogP contribution is 2.20. The van der Waals surface area contributed by atoms with Gasteiger partial charge in [0.1, 0.15) is 0 Å². The number of rotatable bonds is 5. The smallest absolute Gasteiger partial charge is 0.273 e. The van der Waals surface area contributed by atoms with Crippen LogP contribution < -0.4 is 10.5 Å². The zero-order chi connectivity index (χ0) is 14.0. The fraction of sp³-hybridized carbons (Fsp3) is 0.400. The molecule has 0 aromatic heterocycles. The van der Waals surface area contributed by atoms with Crippen LogP contribution in [-0.4, -0.2) is 27.4 Å². The molecule has 0 atom stereocenters. The van der Waals surface area contributed by atoms with Crippen LogP contribution in [0.4, 0.5) is 8.78 Å². The summed E-state index contributed by atoms with van der Waals surface area (Å²) in [5, 5.41) is 0.253. The summed E-state index contributed by atoms with van der Waals surface area (Å²) in [6.07, 6.45) is 0. The second-order valence-corrected chi connectivity index (χ2v) is 5.97. The largest absolute Gasteiger partial charge is 0.325 e. The van der Waals surface area contributed by atoms with Crippen LogP contribution in [-0.2, 0) is 10.0 Å². The van der Waals surface area contributed by atoms with Crippen molar-refractivity contribution in [3.8, 4) is 0 Å². The van der Waals surface area contributed by atoms with Crippen molar-refractivity contribution in [1.29, 1.82) is 0 Å². The minimum atomic E-state index is -4.01. The second-order valence-electron chi connectivity index (χ2n) is 3.80. The van der Waals surface area contributed by atoms with Gasteiger partial charge in [-0.1, -0.05) is 17.7 Å². The molecule has 4 nitrogen and oxygen atoms in total. The third-order valence-corrected chi connectivity index (χ3v) is 4.08. The lowest BCUT2D eigenvalue weighted by molar-refractivity contribution is 0.0170. The monoisotopic (exact) mass is 298 g/mol. The van der Waals surface area contributed by atoms with Crippen LogP contribution in [0.25, 0.3) is 0 Å². The Labute approximate surface area is 109 Å². The van der Waals surface area contributed by atoms with Gasteiger partial charge in [0.25, 0.3) is 5.92 Å². The predicted octanol–water partition coefficient (Wildman–Crippen LogP) is 1.52. The molecule has 102 valence electrons. The molecule has 0 heterocycles. The van der Waals surface area contributed by atoms with E-state index in [4.69, 9.17) is 17.3 Å². The molecule has 0 aliphatic heterocycles. The van der Waals surface area contributed by atoms with E-state index in [2.05, 4.69) is 0 Å². The topological polar surface area (TPSA) is 72.2 Å². The van der Waals surface area contributed by atoms with Crippen LogP contribution in [0.5, 0.6) is 0 Å². The SMILES string of the molecule is Cc1ccc(S(=O)(=O)NCC(F)(F)CN)cc1Cl. The summed E-state index contributed by atoms with van der Waals surface area (Å²) < 4.78 is 51.0. The summed E-state index contributed by atoms with van der Waals surface area (Å²) in [7, 11) is -4.01. The minimum absolute atomic E-state index is 0.161. The Balaban J connectivity index is 2.90. The average Bonchev–Trinajstić information content (AvgIpc) is 2.30. The molecule has 0 unspecified atom stereocenters. The van der Waals surface area contributed by atoms with Crippen molar-refractivity contribution in [1.82, 2.24) is 4.72 Å². The van der Waals surface area contributed by atoms with E-state index in [1.807, 2.05) is 0 Å². The number of benzene rings is 1. The Bertz CT molecular complexity index is 535. The molecule has 0 amide bonds. The molecular weight excluding hydrogens is 286 g/mol. The normalized spacial score (nSPS) is 12.7. The first-order valence-corrected chi connectivity index (χ1v) is 6.88. The number of nitrogens with one attached hydrogen (secondary N) is 1. The molecule has 0 radical (unpaired) electrons. The lowest BCUT2D eigenvalue weighted by atomic mass is 10.2. The molecule has 1 aromatic carbocycles. The summed E-state index contributed by atoms with van der Waals surface area (Å²) in [6.45, 7) is -0.268. The van der Waals surface area contributed by atoms with Gasteiger partial charge in [0.15, 0.2) is 0 Å². The highest BCUT2D eigenvalue weighted by molar-refractivity contribution is 7.89. The summed E-state index contributed by atoms with van der Waals surface area (Å²) in [5.41, 5.74) is 5.51. The minimum Gasteiger partial charge on any atom is -0.325 e. The highest BCUT2D eigenvalue weighted by atomic mass is 35.5. The van der Waals surface area contributed by atoms with E-state index >= 15 is 0 Å². The molecule has 0 spiro atoms. The van der Waals surface area contributed by atoms with E-state index in [0.717, 1.165) is 0 Å². The zero-order valence-electron chi connectivity index (χ0n) is 9.58. The van der Waals surface area contributed by atoms with Gasteiger partial charge in [0.2, 0.25) is 10.0 Å². The van der Waals surface area contributed by atoms with Gasteiger partial charge in [0.05, 0.1) is 18.0 Å². The first-order valence-electron chi connectivity index (χ1n) is 5.02. The quantitative estimate of drug-likeness (QED) is 0.866. The number of hydrogen-bond donors (Lipinski definition) is 2. The maximum Gasteiger partial charge on any atom is 0.273 e. The average molecular weight is 299 g/mol. The first kappa shape index (κ1) is 15.3. The molecule has 0 aliphatic carbocycles. The number of aryl methyl sites for hydroxylation is 1. The molecule has 0 saturated heterocycles. The second kappa shape index (κ2) is 5.48. The first-order chi connectivity index (χ1) is 8.18. The summed E-state index contributed by atoms with van der Waals surface area (Å²) >= 11 is 5.78. The standard InChI is InChI=1S/C10H13ClF2N2O2S/c1-7-2-3-8(4-9(7)11)18(16,17)15-6-10(12,13)5-14/h2-4,15H,5-6,14H2,1H3. The van der Waals surface area contributed by atoms with E-state index in [0.29, 0.717) is 5.56 Å². The molecule has 18 heavy (non-hydrogen) atoms. The van der Waals surface area contributed by atoms with Crippen LogP contribution in [0.1, 0.15) is 5.56 Å². The number of nitrogens with two attached hydrogens (primary N) is 1. The molecule has 0 fully saturated rings. The van der Waals surface area contributed by atoms with Crippen molar-refractivity contribution in [2.45, 2.75) is 17.7 Å². The van der Waals surface area contributed by atoms with Gasteiger partial charge in [0, 0.05) is 5.02 Å². The molecule has 0 aliphatic rings. The molecular formula is C10H13ClF2N2O2S. The van der Waals surface area contributed by atoms with Gasteiger partial charge in [-0.15, -0.1) is 0 Å². The van der Waals surface area contributed by atoms with Crippen LogP contribution in [0.15, 0.2) is 23.1 Å². The fourth-order valence-electron chi connectivity index (χ4n) is 1.10. The summed E-state index contributed by atoms with van der Waals surface area (Å²) in [6, 6.07) is 4.00. The fourth-order valence-corrected chi connectivity index (χ4v) is 2.43. The Kier molecular flexibility index (Phi) is 4.66. The zero-order valence-corrected chi connectivity index (χ0v) is 11.2. The Morgan fingerprint density at radius 3 is 2.56 bits per heavy atom. The molecule has 8 heteroatoms. The van der Waals surface area contributed by atoms with Crippen molar-refractivity contribution in [3.05, 3.63) is 28.8 Å². The van der Waals surface area contributed by atoms with Crippen molar-refractivity contribution in [3.63, 3.8) is 0 Å². The van der Waals surface area contributed by atoms with E-state index in [9.17, 15) is 17.2 Å².